The first-order valence-corrected chi connectivity index (χ1v) is 2.54. The van der Waals surface area contributed by atoms with E-state index in [1.807, 2.05) is 6.92 Å². The summed E-state index contributed by atoms with van der Waals surface area (Å²) < 4.78 is 0. The molecule has 2 nitrogen and oxygen atoms in total. The Morgan fingerprint density at radius 3 is 2.43 bits per heavy atom. The Morgan fingerprint density at radius 1 is 1.71 bits per heavy atom. The third-order valence-electron chi connectivity index (χ3n) is 0.781. The molecule has 0 aromatic heterocycles. The quantitative estimate of drug-likeness (QED) is 0.536. The minimum atomic E-state index is 0.677. The molecule has 0 atom stereocenters. The monoisotopic (exact) mass is 102 g/mol. The number of nitrogens with zero attached hydrogens (tertiary/aromatic N) is 1. The van der Waals surface area contributed by atoms with E-state index in [0.29, 0.717) is 13.1 Å². The molecular formula is C5H12NO. The van der Waals surface area contributed by atoms with Gasteiger partial charge in [0.25, 0.3) is 0 Å². The minimum Gasteiger partial charge on any atom is -0.314 e. The lowest BCUT2D eigenvalue weighted by Crippen LogP contribution is -2.18. The molecule has 1 N–H and O–H groups in total. The van der Waals surface area contributed by atoms with Crippen LogP contribution in [0, 0.1) is 6.92 Å². The molecule has 0 spiro atoms. The number of hydroxylamine groups is 2. The zero-order chi connectivity index (χ0) is 5.70. The van der Waals surface area contributed by atoms with Crippen LogP contribution in [-0.4, -0.2) is 23.4 Å². The van der Waals surface area contributed by atoms with E-state index in [0.717, 1.165) is 6.42 Å². The highest BCUT2D eigenvalue weighted by Gasteiger charge is 1.88. The van der Waals surface area contributed by atoms with Crippen molar-refractivity contribution in [2.45, 2.75) is 13.3 Å². The van der Waals surface area contributed by atoms with Crippen molar-refractivity contribution in [3.05, 3.63) is 6.92 Å². The maximum Gasteiger partial charge on any atom is 0.0238 e. The van der Waals surface area contributed by atoms with Gasteiger partial charge in [-0.2, -0.15) is 5.06 Å². The Hall–Kier alpha value is -0.0800. The minimum absolute atomic E-state index is 0.677. The zero-order valence-electron chi connectivity index (χ0n) is 4.72. The van der Waals surface area contributed by atoms with Crippen LogP contribution in [0.4, 0.5) is 0 Å². The Kier molecular flexibility index (Phi) is 4.04. The highest BCUT2D eigenvalue weighted by Crippen LogP contribution is 1.81. The van der Waals surface area contributed by atoms with E-state index in [9.17, 15) is 0 Å². The summed E-state index contributed by atoms with van der Waals surface area (Å²) in [4.78, 5) is 0. The third kappa shape index (κ3) is 3.76. The van der Waals surface area contributed by atoms with Crippen LogP contribution in [-0.2, 0) is 0 Å². The molecule has 0 aromatic carbocycles. The maximum atomic E-state index is 8.65. The van der Waals surface area contributed by atoms with Crippen LogP contribution in [0.15, 0.2) is 0 Å². The van der Waals surface area contributed by atoms with Crippen molar-refractivity contribution >= 4 is 0 Å². The summed E-state index contributed by atoms with van der Waals surface area (Å²) in [6.07, 6.45) is 0.768. The van der Waals surface area contributed by atoms with Crippen molar-refractivity contribution in [3.8, 4) is 0 Å². The molecule has 1 radical (unpaired) electrons. The maximum absolute atomic E-state index is 8.65. The Balaban J connectivity index is 2.83. The van der Waals surface area contributed by atoms with Gasteiger partial charge in [-0.3, -0.25) is 0 Å². The van der Waals surface area contributed by atoms with Crippen molar-refractivity contribution in [1.29, 1.82) is 0 Å². The van der Waals surface area contributed by atoms with Gasteiger partial charge in [-0.25, -0.2) is 0 Å². The van der Waals surface area contributed by atoms with E-state index in [2.05, 4.69) is 6.92 Å². The van der Waals surface area contributed by atoms with Crippen LogP contribution in [0.5, 0.6) is 0 Å². The predicted molar refractivity (Wildman–Crippen MR) is 29.0 cm³/mol. The van der Waals surface area contributed by atoms with Gasteiger partial charge >= 0.3 is 0 Å². The molecule has 0 aliphatic heterocycles. The smallest absolute Gasteiger partial charge is 0.0238 e. The molecule has 2 heteroatoms. The van der Waals surface area contributed by atoms with E-state index in [1.54, 1.807) is 0 Å². The van der Waals surface area contributed by atoms with Crippen LogP contribution in [0.1, 0.15) is 13.3 Å². The standard InChI is InChI=1S/C5H12NO/c1-3-5-6(7)4-2/h7H,1,3-5H2,2H3. The first kappa shape index (κ1) is 6.92. The molecule has 0 aromatic rings. The van der Waals surface area contributed by atoms with Gasteiger partial charge in [0, 0.05) is 13.1 Å². The van der Waals surface area contributed by atoms with Gasteiger partial charge in [0.2, 0.25) is 0 Å². The van der Waals surface area contributed by atoms with E-state index >= 15 is 0 Å². The van der Waals surface area contributed by atoms with Crippen LogP contribution in [0.2, 0.25) is 0 Å². The summed E-state index contributed by atoms with van der Waals surface area (Å²) in [5.74, 6) is 0. The molecule has 0 aliphatic rings. The average molecular weight is 102 g/mol. The number of rotatable bonds is 3. The van der Waals surface area contributed by atoms with Gasteiger partial charge in [0.05, 0.1) is 0 Å². The van der Waals surface area contributed by atoms with E-state index in [4.69, 9.17) is 5.21 Å². The molecule has 0 bridgehead atoms. The largest absolute Gasteiger partial charge is 0.314 e. The summed E-state index contributed by atoms with van der Waals surface area (Å²) >= 11 is 0. The van der Waals surface area contributed by atoms with Crippen molar-refractivity contribution < 1.29 is 5.21 Å². The summed E-state index contributed by atoms with van der Waals surface area (Å²) in [6, 6.07) is 0. The Bertz CT molecular complexity index is 39.1. The van der Waals surface area contributed by atoms with Gasteiger partial charge in [-0.1, -0.05) is 13.8 Å². The second-order valence-electron chi connectivity index (χ2n) is 1.40. The summed E-state index contributed by atoms with van der Waals surface area (Å²) in [5.41, 5.74) is 0. The lowest BCUT2D eigenvalue weighted by Gasteiger charge is -2.07. The van der Waals surface area contributed by atoms with Crippen LogP contribution >= 0.6 is 0 Å². The van der Waals surface area contributed by atoms with E-state index in [1.165, 1.54) is 5.06 Å². The van der Waals surface area contributed by atoms with Gasteiger partial charge < -0.3 is 5.21 Å². The molecule has 0 fully saturated rings. The topological polar surface area (TPSA) is 23.5 Å². The fourth-order valence-electron chi connectivity index (χ4n) is 0.341. The summed E-state index contributed by atoms with van der Waals surface area (Å²) in [5, 5.41) is 9.89. The lowest BCUT2D eigenvalue weighted by atomic mass is 10.5. The molecule has 0 rings (SSSR count). The van der Waals surface area contributed by atoms with E-state index in [-0.39, 0.29) is 0 Å². The van der Waals surface area contributed by atoms with Crippen LogP contribution < -0.4 is 0 Å². The fraction of sp³-hybridized carbons (Fsp3) is 0.800. The van der Waals surface area contributed by atoms with Crippen molar-refractivity contribution in [1.82, 2.24) is 5.06 Å². The second-order valence-corrected chi connectivity index (χ2v) is 1.40. The summed E-state index contributed by atoms with van der Waals surface area (Å²) in [6.45, 7) is 6.84. The second kappa shape index (κ2) is 4.09. The van der Waals surface area contributed by atoms with Gasteiger partial charge in [0.15, 0.2) is 0 Å². The van der Waals surface area contributed by atoms with Gasteiger partial charge in [-0.05, 0) is 6.42 Å². The molecule has 0 amide bonds. The van der Waals surface area contributed by atoms with Crippen LogP contribution in [0.25, 0.3) is 0 Å². The lowest BCUT2D eigenvalue weighted by molar-refractivity contribution is -0.0845. The van der Waals surface area contributed by atoms with Crippen molar-refractivity contribution in [2.24, 2.45) is 0 Å². The molecule has 0 saturated heterocycles. The Morgan fingerprint density at radius 2 is 2.29 bits per heavy atom. The first-order chi connectivity index (χ1) is 3.31. The van der Waals surface area contributed by atoms with E-state index < -0.39 is 0 Å². The number of hydrogen-bond donors (Lipinski definition) is 1. The zero-order valence-corrected chi connectivity index (χ0v) is 4.72. The molecular weight excluding hydrogens is 90.1 g/mol. The molecule has 0 heterocycles. The van der Waals surface area contributed by atoms with Crippen LogP contribution in [0.3, 0.4) is 0 Å². The third-order valence-corrected chi connectivity index (χ3v) is 0.781. The highest BCUT2D eigenvalue weighted by atomic mass is 16.5. The van der Waals surface area contributed by atoms with Crippen molar-refractivity contribution in [2.75, 3.05) is 13.1 Å². The highest BCUT2D eigenvalue weighted by molar-refractivity contribution is 4.41. The fourth-order valence-corrected chi connectivity index (χ4v) is 0.341. The summed E-state index contributed by atoms with van der Waals surface area (Å²) in [7, 11) is 0. The normalized spacial score (nSPS) is 10.3. The molecule has 0 aliphatic carbocycles. The van der Waals surface area contributed by atoms with Crippen molar-refractivity contribution in [3.63, 3.8) is 0 Å². The molecule has 7 heavy (non-hydrogen) atoms. The molecule has 0 saturated carbocycles. The Labute approximate surface area is 44.7 Å². The number of hydrogen-bond acceptors (Lipinski definition) is 2. The average Bonchev–Trinajstić information content (AvgIpc) is 1.68. The van der Waals surface area contributed by atoms with Gasteiger partial charge in [0.1, 0.15) is 0 Å². The molecule has 43 valence electrons. The SMILES string of the molecule is [CH2]CCN(O)CC. The van der Waals surface area contributed by atoms with Gasteiger partial charge in [-0.15, -0.1) is 0 Å². The first-order valence-electron chi connectivity index (χ1n) is 2.54. The molecule has 0 unspecified atom stereocenters. The predicted octanol–water partition coefficient (Wildman–Crippen LogP) is 0.922.